The monoisotopic (exact) mass is 215 g/mol. The normalized spacial score (nSPS) is 10.1. The summed E-state index contributed by atoms with van der Waals surface area (Å²) >= 11 is 0. The molecule has 0 N–H and O–H groups in total. The van der Waals surface area contributed by atoms with E-state index in [1.165, 1.54) is 7.11 Å². The second kappa shape index (κ2) is 8.41. The zero-order valence-corrected chi connectivity index (χ0v) is 9.91. The predicted molar refractivity (Wildman–Crippen MR) is 58.2 cm³/mol. The fraction of sp³-hybridized carbons (Fsp3) is 0.818. The molecule has 4 heteroatoms. The highest BCUT2D eigenvalue weighted by atomic mass is 16.7. The van der Waals surface area contributed by atoms with Crippen LogP contribution in [-0.4, -0.2) is 30.9 Å². The molecule has 0 aromatic rings. The SMILES string of the molecule is CCCCCC(=O)CCC(=O)N(C)OC. The standard InChI is InChI=1S/C11H21NO3/c1-4-5-6-7-10(13)8-9-11(14)12(2)15-3/h4-9H2,1-3H3. The van der Waals surface area contributed by atoms with Crippen LogP contribution < -0.4 is 0 Å². The Morgan fingerprint density at radius 2 is 1.80 bits per heavy atom. The minimum absolute atomic E-state index is 0.152. The van der Waals surface area contributed by atoms with Gasteiger partial charge < -0.3 is 0 Å². The third-order valence-electron chi connectivity index (χ3n) is 2.30. The van der Waals surface area contributed by atoms with E-state index in [-0.39, 0.29) is 18.1 Å². The zero-order chi connectivity index (χ0) is 11.7. The van der Waals surface area contributed by atoms with E-state index in [1.54, 1.807) is 7.05 Å². The number of carbonyl (C=O) groups is 2. The van der Waals surface area contributed by atoms with Crippen LogP contribution in [0, 0.1) is 0 Å². The first-order chi connectivity index (χ1) is 7.11. The number of hydrogen-bond donors (Lipinski definition) is 0. The second-order valence-corrected chi connectivity index (χ2v) is 3.57. The van der Waals surface area contributed by atoms with Crippen molar-refractivity contribution in [1.82, 2.24) is 5.06 Å². The van der Waals surface area contributed by atoms with Crippen LogP contribution in [0.15, 0.2) is 0 Å². The lowest BCUT2D eigenvalue weighted by atomic mass is 10.1. The fourth-order valence-electron chi connectivity index (χ4n) is 1.20. The van der Waals surface area contributed by atoms with E-state index in [2.05, 4.69) is 6.92 Å². The van der Waals surface area contributed by atoms with Gasteiger partial charge in [0.15, 0.2) is 0 Å². The number of nitrogens with zero attached hydrogens (tertiary/aromatic N) is 1. The number of hydroxylamine groups is 2. The van der Waals surface area contributed by atoms with Crippen molar-refractivity contribution in [1.29, 1.82) is 0 Å². The lowest BCUT2D eigenvalue weighted by Crippen LogP contribution is -2.25. The van der Waals surface area contributed by atoms with Gasteiger partial charge in [0.05, 0.1) is 7.11 Å². The van der Waals surface area contributed by atoms with Crippen molar-refractivity contribution < 1.29 is 14.4 Å². The molecule has 0 aliphatic rings. The predicted octanol–water partition coefficient (Wildman–Crippen LogP) is 1.94. The van der Waals surface area contributed by atoms with Crippen LogP contribution >= 0.6 is 0 Å². The van der Waals surface area contributed by atoms with Gasteiger partial charge in [-0.25, -0.2) is 5.06 Å². The van der Waals surface area contributed by atoms with Gasteiger partial charge in [0.2, 0.25) is 5.91 Å². The van der Waals surface area contributed by atoms with E-state index in [4.69, 9.17) is 4.84 Å². The molecule has 4 nitrogen and oxygen atoms in total. The van der Waals surface area contributed by atoms with Gasteiger partial charge in [-0.15, -0.1) is 0 Å². The van der Waals surface area contributed by atoms with Crippen molar-refractivity contribution >= 4 is 11.7 Å². The molecule has 0 fully saturated rings. The summed E-state index contributed by atoms with van der Waals surface area (Å²) in [6.45, 7) is 2.10. The lowest BCUT2D eigenvalue weighted by molar-refractivity contribution is -0.169. The molecular weight excluding hydrogens is 194 g/mol. The van der Waals surface area contributed by atoms with Crippen molar-refractivity contribution in [2.24, 2.45) is 0 Å². The van der Waals surface area contributed by atoms with Crippen LogP contribution in [0.5, 0.6) is 0 Å². The molecule has 0 unspecified atom stereocenters. The Morgan fingerprint density at radius 1 is 1.13 bits per heavy atom. The van der Waals surface area contributed by atoms with Gasteiger partial charge in [-0.1, -0.05) is 19.8 Å². The lowest BCUT2D eigenvalue weighted by Gasteiger charge is -2.12. The summed E-state index contributed by atoms with van der Waals surface area (Å²) in [5, 5.41) is 1.15. The molecule has 0 aliphatic heterocycles. The first-order valence-corrected chi connectivity index (χ1v) is 5.44. The number of unbranched alkanes of at least 4 members (excludes halogenated alkanes) is 2. The van der Waals surface area contributed by atoms with E-state index < -0.39 is 0 Å². The van der Waals surface area contributed by atoms with E-state index in [1.807, 2.05) is 0 Å². The van der Waals surface area contributed by atoms with E-state index in [0.29, 0.717) is 12.8 Å². The quantitative estimate of drug-likeness (QED) is 0.459. The maximum absolute atomic E-state index is 11.3. The first kappa shape index (κ1) is 14.1. The van der Waals surface area contributed by atoms with Gasteiger partial charge in [-0.3, -0.25) is 14.4 Å². The van der Waals surface area contributed by atoms with Gasteiger partial charge in [0.1, 0.15) is 5.78 Å². The van der Waals surface area contributed by atoms with Crippen LogP contribution in [0.2, 0.25) is 0 Å². The number of hydrogen-bond acceptors (Lipinski definition) is 3. The summed E-state index contributed by atoms with van der Waals surface area (Å²) < 4.78 is 0. The second-order valence-electron chi connectivity index (χ2n) is 3.57. The fourth-order valence-corrected chi connectivity index (χ4v) is 1.20. The van der Waals surface area contributed by atoms with Crippen molar-refractivity contribution in [3.8, 4) is 0 Å². The molecule has 1 amide bonds. The van der Waals surface area contributed by atoms with Crippen molar-refractivity contribution in [2.75, 3.05) is 14.2 Å². The number of amides is 1. The maximum Gasteiger partial charge on any atom is 0.246 e. The Kier molecular flexibility index (Phi) is 7.91. The largest absolute Gasteiger partial charge is 0.300 e. The Balaban J connectivity index is 3.57. The number of carbonyl (C=O) groups excluding carboxylic acids is 2. The molecule has 0 rings (SSSR count). The molecule has 0 heterocycles. The van der Waals surface area contributed by atoms with Crippen LogP contribution in [0.1, 0.15) is 45.4 Å². The molecule has 0 aliphatic carbocycles. The molecule has 0 radical (unpaired) electrons. The molecule has 0 aromatic carbocycles. The molecule has 0 spiro atoms. The van der Waals surface area contributed by atoms with Gasteiger partial charge in [-0.05, 0) is 6.42 Å². The third-order valence-corrected chi connectivity index (χ3v) is 2.30. The molecule has 88 valence electrons. The number of Topliss-reactive ketones (excluding diaryl/α,β-unsaturated/α-hetero) is 1. The van der Waals surface area contributed by atoms with E-state index in [9.17, 15) is 9.59 Å². The summed E-state index contributed by atoms with van der Waals surface area (Å²) in [4.78, 5) is 27.3. The minimum atomic E-state index is -0.152. The van der Waals surface area contributed by atoms with Crippen molar-refractivity contribution in [3.63, 3.8) is 0 Å². The molecule has 0 aromatic heterocycles. The topological polar surface area (TPSA) is 46.6 Å². The summed E-state index contributed by atoms with van der Waals surface area (Å²) in [6.07, 6.45) is 4.29. The number of ketones is 1. The van der Waals surface area contributed by atoms with Crippen molar-refractivity contribution in [3.05, 3.63) is 0 Å². The number of rotatable bonds is 8. The van der Waals surface area contributed by atoms with Crippen LogP contribution in [0.4, 0.5) is 0 Å². The van der Waals surface area contributed by atoms with Gasteiger partial charge in [0.25, 0.3) is 0 Å². The molecule has 0 saturated heterocycles. The van der Waals surface area contributed by atoms with E-state index >= 15 is 0 Å². The smallest absolute Gasteiger partial charge is 0.246 e. The summed E-state index contributed by atoms with van der Waals surface area (Å²) in [7, 11) is 2.98. The Labute approximate surface area is 91.5 Å². The maximum atomic E-state index is 11.3. The third kappa shape index (κ3) is 7.08. The van der Waals surface area contributed by atoms with Crippen LogP contribution in [-0.2, 0) is 14.4 Å². The highest BCUT2D eigenvalue weighted by molar-refractivity contribution is 5.84. The van der Waals surface area contributed by atoms with Gasteiger partial charge in [-0.2, -0.15) is 0 Å². The Hall–Kier alpha value is -0.900. The average Bonchev–Trinajstić information content (AvgIpc) is 2.25. The first-order valence-electron chi connectivity index (χ1n) is 5.44. The van der Waals surface area contributed by atoms with Crippen molar-refractivity contribution in [2.45, 2.75) is 45.4 Å². The summed E-state index contributed by atoms with van der Waals surface area (Å²) in [5.74, 6) is 0.0163. The Morgan fingerprint density at radius 3 is 2.33 bits per heavy atom. The van der Waals surface area contributed by atoms with Crippen LogP contribution in [0.3, 0.4) is 0 Å². The highest BCUT2D eigenvalue weighted by Crippen LogP contribution is 2.04. The molecular formula is C11H21NO3. The summed E-state index contributed by atoms with van der Waals surface area (Å²) in [5.41, 5.74) is 0. The van der Waals surface area contributed by atoms with Gasteiger partial charge >= 0.3 is 0 Å². The molecule has 15 heavy (non-hydrogen) atoms. The minimum Gasteiger partial charge on any atom is -0.300 e. The highest BCUT2D eigenvalue weighted by Gasteiger charge is 2.10. The molecule has 0 saturated carbocycles. The van der Waals surface area contributed by atoms with E-state index in [0.717, 1.165) is 24.3 Å². The molecule has 0 bridgehead atoms. The molecule has 0 atom stereocenters. The average molecular weight is 215 g/mol. The van der Waals surface area contributed by atoms with Crippen LogP contribution in [0.25, 0.3) is 0 Å². The summed E-state index contributed by atoms with van der Waals surface area (Å²) in [6, 6.07) is 0. The zero-order valence-electron chi connectivity index (χ0n) is 9.91. The Bertz CT molecular complexity index is 204. The van der Waals surface area contributed by atoms with Gasteiger partial charge in [0, 0.05) is 26.3 Å².